The van der Waals surface area contributed by atoms with Gasteiger partial charge in [-0.25, -0.2) is 9.67 Å². The molecule has 0 aliphatic heterocycles. The van der Waals surface area contributed by atoms with Crippen LogP contribution < -0.4 is 15.6 Å². The first-order chi connectivity index (χ1) is 15.4. The Hall–Kier alpha value is -3.52. The Bertz CT molecular complexity index is 1340. The van der Waals surface area contributed by atoms with E-state index in [1.807, 2.05) is 45.0 Å². The fourth-order valence-corrected chi connectivity index (χ4v) is 4.33. The molecular weight excluding hydrogens is 424 g/mol. The number of fused-ring (bicyclic) bond motifs is 1. The second-order valence-corrected chi connectivity index (χ2v) is 9.08. The van der Waals surface area contributed by atoms with Crippen molar-refractivity contribution in [2.45, 2.75) is 27.3 Å². The third-order valence-corrected chi connectivity index (χ3v) is 5.89. The summed E-state index contributed by atoms with van der Waals surface area (Å²) < 4.78 is 6.59. The van der Waals surface area contributed by atoms with Crippen LogP contribution in [0.4, 0.5) is 5.13 Å². The number of nitrogens with zero attached hydrogens (tertiary/aromatic N) is 3. The number of methoxy groups -OCH3 is 1. The molecule has 0 aliphatic carbocycles. The van der Waals surface area contributed by atoms with Crippen molar-refractivity contribution >= 4 is 33.1 Å². The quantitative estimate of drug-likeness (QED) is 0.460. The first-order valence-electron chi connectivity index (χ1n) is 10.3. The van der Waals surface area contributed by atoms with Gasteiger partial charge in [0.05, 0.1) is 18.2 Å². The number of amides is 1. The van der Waals surface area contributed by atoms with E-state index < -0.39 is 5.91 Å². The average Bonchev–Trinajstić information content (AvgIpc) is 3.15. The van der Waals surface area contributed by atoms with Crippen LogP contribution in [0.5, 0.6) is 5.75 Å². The second-order valence-electron chi connectivity index (χ2n) is 7.88. The SMILES string of the molecule is COc1ccc(-c2nc(NC(=O)c3nn(CC(C)C)c(=O)c4ccccc34)sc2C)cc1. The summed E-state index contributed by atoms with van der Waals surface area (Å²) in [7, 11) is 1.62. The van der Waals surface area contributed by atoms with Gasteiger partial charge in [-0.1, -0.05) is 32.0 Å². The summed E-state index contributed by atoms with van der Waals surface area (Å²) in [5.74, 6) is 0.587. The largest absolute Gasteiger partial charge is 0.497 e. The van der Waals surface area contributed by atoms with Crippen LogP contribution in [0, 0.1) is 12.8 Å². The molecule has 0 bridgehead atoms. The van der Waals surface area contributed by atoms with Gasteiger partial charge in [-0.2, -0.15) is 5.10 Å². The Balaban J connectivity index is 1.68. The molecule has 164 valence electrons. The third kappa shape index (κ3) is 4.27. The Kier molecular flexibility index (Phi) is 6.05. The van der Waals surface area contributed by atoms with Gasteiger partial charge in [-0.15, -0.1) is 11.3 Å². The molecule has 0 unspecified atom stereocenters. The summed E-state index contributed by atoms with van der Waals surface area (Å²) in [6.07, 6.45) is 0. The Morgan fingerprint density at radius 1 is 1.12 bits per heavy atom. The number of ether oxygens (including phenoxy) is 1. The van der Waals surface area contributed by atoms with Crippen LogP contribution in [0.25, 0.3) is 22.0 Å². The minimum Gasteiger partial charge on any atom is -0.497 e. The zero-order valence-corrected chi connectivity index (χ0v) is 19.2. The van der Waals surface area contributed by atoms with Crippen LogP contribution in [-0.2, 0) is 6.54 Å². The number of anilines is 1. The van der Waals surface area contributed by atoms with Crippen molar-refractivity contribution in [1.29, 1.82) is 0 Å². The van der Waals surface area contributed by atoms with E-state index in [-0.39, 0.29) is 17.2 Å². The minimum atomic E-state index is -0.395. The molecule has 8 heteroatoms. The van der Waals surface area contributed by atoms with Crippen molar-refractivity contribution in [2.24, 2.45) is 5.92 Å². The van der Waals surface area contributed by atoms with E-state index in [2.05, 4.69) is 15.4 Å². The molecule has 32 heavy (non-hydrogen) atoms. The molecule has 1 N–H and O–H groups in total. The Morgan fingerprint density at radius 2 is 1.81 bits per heavy atom. The fourth-order valence-electron chi connectivity index (χ4n) is 3.50. The lowest BCUT2D eigenvalue weighted by Gasteiger charge is -2.12. The maximum atomic E-state index is 13.2. The molecule has 4 aromatic rings. The Labute approximate surface area is 189 Å². The first kappa shape index (κ1) is 21.7. The fraction of sp³-hybridized carbons (Fsp3) is 0.250. The molecule has 7 nitrogen and oxygen atoms in total. The van der Waals surface area contributed by atoms with Crippen LogP contribution in [0.3, 0.4) is 0 Å². The molecule has 1 amide bonds. The zero-order chi connectivity index (χ0) is 22.8. The predicted octanol–water partition coefficient (Wildman–Crippen LogP) is 4.75. The number of thiazole rings is 1. The maximum Gasteiger partial charge on any atom is 0.278 e. The number of rotatable bonds is 6. The number of hydrogen-bond donors (Lipinski definition) is 1. The van der Waals surface area contributed by atoms with Crippen molar-refractivity contribution in [3.63, 3.8) is 0 Å². The number of aryl methyl sites for hydroxylation is 1. The van der Waals surface area contributed by atoms with Crippen LogP contribution in [0.2, 0.25) is 0 Å². The van der Waals surface area contributed by atoms with Crippen molar-refractivity contribution in [1.82, 2.24) is 14.8 Å². The van der Waals surface area contributed by atoms with E-state index in [9.17, 15) is 9.59 Å². The van der Waals surface area contributed by atoms with Crippen LogP contribution in [0.15, 0.2) is 53.3 Å². The van der Waals surface area contributed by atoms with Crippen molar-refractivity contribution in [3.8, 4) is 17.0 Å². The van der Waals surface area contributed by atoms with Crippen LogP contribution in [0.1, 0.15) is 29.2 Å². The molecule has 0 atom stereocenters. The summed E-state index contributed by atoms with van der Waals surface area (Å²) in [5.41, 5.74) is 1.75. The predicted molar refractivity (Wildman–Crippen MR) is 128 cm³/mol. The van der Waals surface area contributed by atoms with Gasteiger partial charge in [0, 0.05) is 22.4 Å². The molecule has 0 spiro atoms. The molecule has 0 radical (unpaired) electrons. The van der Waals surface area contributed by atoms with Gasteiger partial charge in [0.1, 0.15) is 5.75 Å². The van der Waals surface area contributed by atoms with E-state index in [1.54, 1.807) is 31.4 Å². The van der Waals surface area contributed by atoms with Crippen molar-refractivity contribution < 1.29 is 9.53 Å². The lowest BCUT2D eigenvalue weighted by atomic mass is 10.1. The average molecular weight is 449 g/mol. The van der Waals surface area contributed by atoms with Crippen LogP contribution >= 0.6 is 11.3 Å². The van der Waals surface area contributed by atoms with Gasteiger partial charge in [0.15, 0.2) is 10.8 Å². The van der Waals surface area contributed by atoms with Crippen molar-refractivity contribution in [2.75, 3.05) is 12.4 Å². The zero-order valence-electron chi connectivity index (χ0n) is 18.4. The van der Waals surface area contributed by atoms with Gasteiger partial charge in [-0.05, 0) is 43.2 Å². The van der Waals surface area contributed by atoms with Crippen molar-refractivity contribution in [3.05, 3.63) is 69.5 Å². The van der Waals surface area contributed by atoms with Gasteiger partial charge in [0.25, 0.3) is 11.5 Å². The molecule has 0 saturated heterocycles. The molecular formula is C24H24N4O3S. The standard InChI is InChI=1S/C24H24N4O3S/c1-14(2)13-28-23(30)19-8-6-5-7-18(19)21(27-28)22(29)26-24-25-20(15(3)32-24)16-9-11-17(31-4)12-10-16/h5-12,14H,13H2,1-4H3,(H,25,26,29). The lowest BCUT2D eigenvalue weighted by molar-refractivity contribution is 0.102. The topological polar surface area (TPSA) is 86.1 Å². The smallest absolute Gasteiger partial charge is 0.278 e. The molecule has 2 aromatic carbocycles. The van der Waals surface area contributed by atoms with E-state index >= 15 is 0 Å². The highest BCUT2D eigenvalue weighted by Crippen LogP contribution is 2.31. The first-order valence-corrected chi connectivity index (χ1v) is 11.1. The third-order valence-electron chi connectivity index (χ3n) is 5.00. The number of aromatic nitrogens is 3. The van der Waals surface area contributed by atoms with E-state index in [0.29, 0.717) is 22.4 Å². The van der Waals surface area contributed by atoms with Gasteiger partial charge >= 0.3 is 0 Å². The highest BCUT2D eigenvalue weighted by molar-refractivity contribution is 7.16. The second kappa shape index (κ2) is 8.92. The number of benzene rings is 2. The normalized spacial score (nSPS) is 11.2. The summed E-state index contributed by atoms with van der Waals surface area (Å²) >= 11 is 1.39. The number of carbonyl (C=O) groups is 1. The van der Waals surface area contributed by atoms with E-state index in [4.69, 9.17) is 4.74 Å². The summed E-state index contributed by atoms with van der Waals surface area (Å²) in [6, 6.07) is 14.7. The molecule has 0 aliphatic rings. The highest BCUT2D eigenvalue weighted by atomic mass is 32.1. The molecule has 2 aromatic heterocycles. The van der Waals surface area contributed by atoms with Crippen LogP contribution in [-0.4, -0.2) is 27.8 Å². The number of nitrogens with one attached hydrogen (secondary N) is 1. The van der Waals surface area contributed by atoms with Gasteiger partial charge < -0.3 is 4.74 Å². The summed E-state index contributed by atoms with van der Waals surface area (Å²) in [5, 5.41) is 8.75. The highest BCUT2D eigenvalue weighted by Gasteiger charge is 2.19. The summed E-state index contributed by atoms with van der Waals surface area (Å²) in [6.45, 7) is 6.40. The maximum absolute atomic E-state index is 13.2. The molecule has 2 heterocycles. The molecule has 0 fully saturated rings. The molecule has 0 saturated carbocycles. The van der Waals surface area contributed by atoms with E-state index in [1.165, 1.54) is 16.0 Å². The molecule has 4 rings (SSSR count). The van der Waals surface area contributed by atoms with E-state index in [0.717, 1.165) is 21.9 Å². The van der Waals surface area contributed by atoms with Gasteiger partial charge in [0.2, 0.25) is 0 Å². The minimum absolute atomic E-state index is 0.197. The lowest BCUT2D eigenvalue weighted by Crippen LogP contribution is -2.29. The number of hydrogen-bond acceptors (Lipinski definition) is 6. The number of carbonyl (C=O) groups excluding carboxylic acids is 1. The monoisotopic (exact) mass is 448 g/mol. The summed E-state index contributed by atoms with van der Waals surface area (Å²) in [4.78, 5) is 31.6. The van der Waals surface area contributed by atoms with Gasteiger partial charge in [-0.3, -0.25) is 14.9 Å². The Morgan fingerprint density at radius 3 is 2.47 bits per heavy atom.